The van der Waals surface area contributed by atoms with E-state index in [1.807, 2.05) is 0 Å². The molecule has 0 saturated carbocycles. The van der Waals surface area contributed by atoms with E-state index >= 15 is 0 Å². The molecule has 10 heteroatoms. The van der Waals surface area contributed by atoms with E-state index in [0.29, 0.717) is 0 Å². The van der Waals surface area contributed by atoms with Crippen molar-refractivity contribution in [2.75, 3.05) is 0 Å². The molecule has 0 atom stereocenters. The average molecular weight is 255 g/mol. The maximum Gasteiger partial charge on any atom is 0 e. The van der Waals surface area contributed by atoms with E-state index in [1.165, 1.54) is 0 Å². The molecule has 0 aliphatic heterocycles. The molecule has 10 heavy (non-hydrogen) atoms. The Labute approximate surface area is 80.6 Å². The summed E-state index contributed by atoms with van der Waals surface area (Å²) in [4.78, 5) is 0. The molecule has 0 radical (unpaired) electrons. The van der Waals surface area contributed by atoms with E-state index in [4.69, 9.17) is 0 Å². The van der Waals surface area contributed by atoms with Gasteiger partial charge in [-0.05, 0) is 0 Å². The first kappa shape index (κ1) is 1550. The molecule has 14 N–H and O–H groups in total. The predicted molar refractivity (Wildman–Crippen MR) is 39.8 cm³/mol. The third-order valence-electron chi connectivity index (χ3n) is 0. The summed E-state index contributed by atoms with van der Waals surface area (Å²) in [5.41, 5.74) is 0. The van der Waals surface area contributed by atoms with Crippen molar-refractivity contribution in [3.63, 3.8) is 0 Å². The standard InChI is InChI=1S/2ClH.Fe.7H2O/h2*1H;;7*1H2. The van der Waals surface area contributed by atoms with Gasteiger partial charge >= 0.3 is 0 Å². The Hall–Kier alpha value is 0.819. The maximum absolute atomic E-state index is 0. The number of rotatable bonds is 0. The molecule has 0 amide bonds. The minimum absolute atomic E-state index is 0. The van der Waals surface area contributed by atoms with Crippen LogP contribution in [0.15, 0.2) is 0 Å². The molecule has 0 heterocycles. The van der Waals surface area contributed by atoms with Crippen molar-refractivity contribution in [1.82, 2.24) is 0 Å². The molecular weight excluding hydrogens is 239 g/mol. The van der Waals surface area contributed by atoms with Crippen molar-refractivity contribution in [2.45, 2.75) is 0 Å². The fourth-order valence-corrected chi connectivity index (χ4v) is 0. The molecule has 0 aromatic heterocycles. The van der Waals surface area contributed by atoms with Gasteiger partial charge < -0.3 is 38.3 Å². The van der Waals surface area contributed by atoms with Gasteiger partial charge in [-0.2, -0.15) is 0 Å². The molecule has 0 rings (SSSR count). The van der Waals surface area contributed by atoms with Gasteiger partial charge in [0.15, 0.2) is 0 Å². The Kier molecular flexibility index (Phi) is 177000. The monoisotopic (exact) mass is 254 g/mol. The first-order chi connectivity index (χ1) is 0. The Morgan fingerprint density at radius 3 is 0.300 bits per heavy atom. The fourth-order valence-electron chi connectivity index (χ4n) is 0. The second-order valence-corrected chi connectivity index (χ2v) is 0. The summed E-state index contributed by atoms with van der Waals surface area (Å²) in [6.45, 7) is 0. The van der Waals surface area contributed by atoms with Crippen LogP contribution in [0.2, 0.25) is 0 Å². The third-order valence-corrected chi connectivity index (χ3v) is 0. The zero-order chi connectivity index (χ0) is 0. The van der Waals surface area contributed by atoms with Crippen LogP contribution in [0.1, 0.15) is 0 Å². The van der Waals surface area contributed by atoms with Gasteiger partial charge in [0, 0.05) is 17.1 Å². The van der Waals surface area contributed by atoms with Crippen LogP contribution < -0.4 is 0 Å². The largest absolute Gasteiger partial charge is 0.412 e. The van der Waals surface area contributed by atoms with E-state index in [-0.39, 0.29) is 80.2 Å². The Morgan fingerprint density at radius 1 is 0.300 bits per heavy atom. The summed E-state index contributed by atoms with van der Waals surface area (Å²) in [5.74, 6) is 0. The van der Waals surface area contributed by atoms with Crippen molar-refractivity contribution in [2.24, 2.45) is 0 Å². The molecule has 0 aliphatic carbocycles. The van der Waals surface area contributed by atoms with E-state index in [1.54, 1.807) is 0 Å². The maximum atomic E-state index is 0. The molecule has 0 unspecified atom stereocenters. The van der Waals surface area contributed by atoms with Crippen molar-refractivity contribution < 1.29 is 55.4 Å². The van der Waals surface area contributed by atoms with Crippen LogP contribution in [-0.2, 0) is 17.1 Å². The Bertz CT molecular complexity index is 11.6. The zero-order valence-corrected chi connectivity index (χ0v) is 7.41. The van der Waals surface area contributed by atoms with Crippen molar-refractivity contribution in [3.8, 4) is 0 Å². The predicted octanol–water partition coefficient (Wildman–Crippen LogP) is -4.93. The Balaban J connectivity index is 0. The van der Waals surface area contributed by atoms with Gasteiger partial charge in [0.1, 0.15) is 0 Å². The molecule has 0 aliphatic rings. The molecule has 0 saturated heterocycles. The van der Waals surface area contributed by atoms with Crippen LogP contribution in [0, 0.1) is 0 Å². The summed E-state index contributed by atoms with van der Waals surface area (Å²) >= 11 is 0. The first-order valence-electron chi connectivity index (χ1n) is 0. The van der Waals surface area contributed by atoms with Crippen LogP contribution in [-0.4, -0.2) is 38.3 Å². The topological polar surface area (TPSA) is 220 Å². The SMILES string of the molecule is Cl.Cl.O.O.O.O.O.O.O.[Fe]. The quantitative estimate of drug-likeness (QED) is 0.371. The van der Waals surface area contributed by atoms with Crippen LogP contribution in [0.3, 0.4) is 0 Å². The molecule has 0 aromatic rings. The number of halogens is 2. The van der Waals surface area contributed by atoms with Gasteiger partial charge in [-0.15, -0.1) is 24.8 Å². The summed E-state index contributed by atoms with van der Waals surface area (Å²) < 4.78 is 0. The normalized spacial score (nSPS) is 0. The van der Waals surface area contributed by atoms with Crippen molar-refractivity contribution in [1.29, 1.82) is 0 Å². The first-order valence-corrected chi connectivity index (χ1v) is 0. The molecular formula is H16Cl2FeO7. The van der Waals surface area contributed by atoms with Gasteiger partial charge in [0.2, 0.25) is 0 Å². The summed E-state index contributed by atoms with van der Waals surface area (Å²) in [6.07, 6.45) is 0. The second kappa shape index (κ2) is 1140. The van der Waals surface area contributed by atoms with E-state index in [0.717, 1.165) is 0 Å². The van der Waals surface area contributed by atoms with Crippen molar-refractivity contribution in [3.05, 3.63) is 0 Å². The van der Waals surface area contributed by atoms with Crippen molar-refractivity contribution >= 4 is 24.8 Å². The fraction of sp³-hybridized carbons (Fsp3) is 0. The Morgan fingerprint density at radius 2 is 0.300 bits per heavy atom. The zero-order valence-electron chi connectivity index (χ0n) is 4.67. The second-order valence-electron chi connectivity index (χ2n) is 0. The summed E-state index contributed by atoms with van der Waals surface area (Å²) in [7, 11) is 0. The van der Waals surface area contributed by atoms with E-state index < -0.39 is 0 Å². The van der Waals surface area contributed by atoms with Gasteiger partial charge in [-0.3, -0.25) is 0 Å². The summed E-state index contributed by atoms with van der Waals surface area (Å²) in [5, 5.41) is 0. The van der Waals surface area contributed by atoms with Crippen LogP contribution in [0.5, 0.6) is 0 Å². The summed E-state index contributed by atoms with van der Waals surface area (Å²) in [6, 6.07) is 0. The average Bonchev–Trinajstić information content (AvgIpc) is 0. The van der Waals surface area contributed by atoms with Crippen LogP contribution in [0.4, 0.5) is 0 Å². The van der Waals surface area contributed by atoms with Gasteiger partial charge in [0.05, 0.1) is 0 Å². The van der Waals surface area contributed by atoms with Crippen LogP contribution in [0.25, 0.3) is 0 Å². The molecule has 0 aromatic carbocycles. The molecule has 7 nitrogen and oxygen atoms in total. The molecule has 80 valence electrons. The van der Waals surface area contributed by atoms with E-state index in [2.05, 4.69) is 0 Å². The van der Waals surface area contributed by atoms with Gasteiger partial charge in [-0.1, -0.05) is 0 Å². The number of hydrogen-bond acceptors (Lipinski definition) is 0. The van der Waals surface area contributed by atoms with E-state index in [9.17, 15) is 0 Å². The minimum Gasteiger partial charge on any atom is -0.412 e. The van der Waals surface area contributed by atoms with Crippen LogP contribution >= 0.6 is 24.8 Å². The van der Waals surface area contributed by atoms with Gasteiger partial charge in [-0.25, -0.2) is 0 Å². The third kappa shape index (κ3) is 803. The molecule has 0 bridgehead atoms. The molecule has 0 spiro atoms. The van der Waals surface area contributed by atoms with Gasteiger partial charge in [0.25, 0.3) is 0 Å². The number of hydrogen-bond donors (Lipinski definition) is 0. The molecule has 0 fully saturated rings. The minimum atomic E-state index is 0. The smallest absolute Gasteiger partial charge is 0 e.